The molecule has 1 aromatic carbocycles. The number of hydrogen-bond acceptors (Lipinski definition) is 3. The second kappa shape index (κ2) is 3.73. The maximum atomic E-state index is 8.00. The predicted octanol–water partition coefficient (Wildman–Crippen LogP) is 1.76. The molecule has 4 nitrogen and oxygen atoms in total. The van der Waals surface area contributed by atoms with Crippen LogP contribution in [-0.2, 0) is 6.54 Å². The van der Waals surface area contributed by atoms with Gasteiger partial charge in [-0.15, -0.1) is 0 Å². The number of anilines is 1. The van der Waals surface area contributed by atoms with Crippen LogP contribution in [0.2, 0.25) is 0 Å². The van der Waals surface area contributed by atoms with E-state index in [2.05, 4.69) is 23.3 Å². The molecule has 0 saturated heterocycles. The summed E-state index contributed by atoms with van der Waals surface area (Å²) in [5.41, 5.74) is 3.66. The molecule has 0 fully saturated rings. The number of fused-ring (bicyclic) bond motifs is 1. The van der Waals surface area contributed by atoms with Crippen molar-refractivity contribution in [1.29, 1.82) is 5.41 Å². The van der Waals surface area contributed by atoms with Gasteiger partial charge in [-0.2, -0.15) is 0 Å². The summed E-state index contributed by atoms with van der Waals surface area (Å²) in [5.74, 6) is 0.802. The lowest BCUT2D eigenvalue weighted by Gasteiger charge is -2.08. The molecule has 1 aliphatic rings. The number of hydrogen-bond donors (Lipinski definition) is 2. The van der Waals surface area contributed by atoms with Crippen LogP contribution in [0.3, 0.4) is 0 Å². The molecule has 1 aliphatic heterocycles. The number of aryl methyl sites for hydroxylation is 1. The summed E-state index contributed by atoms with van der Waals surface area (Å²) in [6, 6.07) is 9.96. The molecular formula is C13H14N4. The third-order valence-corrected chi connectivity index (χ3v) is 3.09. The van der Waals surface area contributed by atoms with E-state index in [1.807, 2.05) is 28.8 Å². The smallest absolute Gasteiger partial charge is 0.205 e. The lowest BCUT2D eigenvalue weighted by atomic mass is 10.1. The topological polar surface area (TPSA) is 53.7 Å². The Morgan fingerprint density at radius 3 is 3.00 bits per heavy atom. The maximum absolute atomic E-state index is 8.00. The van der Waals surface area contributed by atoms with Crippen molar-refractivity contribution < 1.29 is 0 Å². The fourth-order valence-electron chi connectivity index (χ4n) is 2.17. The molecule has 4 heteroatoms. The molecule has 0 spiro atoms. The highest BCUT2D eigenvalue weighted by molar-refractivity contribution is 5.64. The second-order valence-electron chi connectivity index (χ2n) is 4.24. The van der Waals surface area contributed by atoms with Gasteiger partial charge in [0.1, 0.15) is 5.49 Å². The Kier molecular flexibility index (Phi) is 2.21. The van der Waals surface area contributed by atoms with Gasteiger partial charge in [-0.05, 0) is 12.5 Å². The second-order valence-corrected chi connectivity index (χ2v) is 4.24. The molecule has 1 aromatic heterocycles. The van der Waals surface area contributed by atoms with E-state index in [4.69, 9.17) is 5.41 Å². The Labute approximate surface area is 99.5 Å². The van der Waals surface area contributed by atoms with Crippen LogP contribution in [0, 0.1) is 12.3 Å². The molecule has 2 aromatic rings. The molecule has 3 rings (SSSR count). The molecule has 0 atom stereocenters. The molecule has 0 unspecified atom stereocenters. The van der Waals surface area contributed by atoms with Gasteiger partial charge in [-0.25, -0.2) is 4.98 Å². The van der Waals surface area contributed by atoms with Crippen LogP contribution in [0.15, 0.2) is 30.3 Å². The highest BCUT2D eigenvalue weighted by atomic mass is 15.2. The quantitative estimate of drug-likeness (QED) is 0.778. The lowest BCUT2D eigenvalue weighted by Crippen LogP contribution is -2.18. The third kappa shape index (κ3) is 1.62. The van der Waals surface area contributed by atoms with Gasteiger partial charge >= 0.3 is 0 Å². The lowest BCUT2D eigenvalue weighted by molar-refractivity contribution is 0.735. The fraction of sp³-hybridized carbons (Fsp3) is 0.231. The van der Waals surface area contributed by atoms with E-state index in [-0.39, 0.29) is 0 Å². The van der Waals surface area contributed by atoms with E-state index in [1.54, 1.807) is 0 Å². The van der Waals surface area contributed by atoms with E-state index in [1.165, 1.54) is 5.56 Å². The third-order valence-electron chi connectivity index (χ3n) is 3.09. The van der Waals surface area contributed by atoms with Crippen LogP contribution < -0.4 is 10.8 Å². The van der Waals surface area contributed by atoms with Crippen molar-refractivity contribution in [3.05, 3.63) is 41.4 Å². The molecule has 0 radical (unpaired) electrons. The van der Waals surface area contributed by atoms with Gasteiger partial charge in [-0.1, -0.05) is 24.3 Å². The van der Waals surface area contributed by atoms with E-state index >= 15 is 0 Å². The monoisotopic (exact) mass is 226 g/mol. The van der Waals surface area contributed by atoms with Crippen molar-refractivity contribution in [1.82, 2.24) is 9.55 Å². The molecule has 0 aliphatic carbocycles. The molecule has 86 valence electrons. The van der Waals surface area contributed by atoms with Crippen molar-refractivity contribution in [2.45, 2.75) is 13.5 Å². The van der Waals surface area contributed by atoms with Crippen molar-refractivity contribution in [3.63, 3.8) is 0 Å². The molecule has 17 heavy (non-hydrogen) atoms. The first-order valence-electron chi connectivity index (χ1n) is 5.72. The van der Waals surface area contributed by atoms with Crippen LogP contribution in [0.5, 0.6) is 0 Å². The van der Waals surface area contributed by atoms with Gasteiger partial charge < -0.3 is 5.32 Å². The van der Waals surface area contributed by atoms with E-state index in [0.29, 0.717) is 5.49 Å². The largest absolute Gasteiger partial charge is 0.354 e. The van der Waals surface area contributed by atoms with Crippen LogP contribution in [0.25, 0.3) is 11.3 Å². The molecular weight excluding hydrogens is 212 g/mol. The molecule has 2 heterocycles. The normalized spacial score (nSPS) is 13.2. The van der Waals surface area contributed by atoms with Gasteiger partial charge in [0.15, 0.2) is 0 Å². The molecule has 2 N–H and O–H groups in total. The highest BCUT2D eigenvalue weighted by Crippen LogP contribution is 2.21. The molecule has 0 bridgehead atoms. The van der Waals surface area contributed by atoms with E-state index in [9.17, 15) is 0 Å². The summed E-state index contributed by atoms with van der Waals surface area (Å²) < 4.78 is 1.89. The summed E-state index contributed by atoms with van der Waals surface area (Å²) in [4.78, 5) is 4.58. The van der Waals surface area contributed by atoms with Gasteiger partial charge in [0.25, 0.3) is 0 Å². The number of rotatable bonds is 1. The minimum absolute atomic E-state index is 0.512. The van der Waals surface area contributed by atoms with Crippen molar-refractivity contribution >= 4 is 5.95 Å². The number of aromatic nitrogens is 2. The van der Waals surface area contributed by atoms with Crippen LogP contribution in [0.4, 0.5) is 5.95 Å². The summed E-state index contributed by atoms with van der Waals surface area (Å²) in [5, 5.41) is 11.2. The Bertz CT molecular complexity index is 628. The Morgan fingerprint density at radius 2 is 2.18 bits per heavy atom. The fourth-order valence-corrected chi connectivity index (χ4v) is 2.17. The van der Waals surface area contributed by atoms with E-state index < -0.39 is 0 Å². The number of benzene rings is 1. The summed E-state index contributed by atoms with van der Waals surface area (Å²) in [7, 11) is 0. The zero-order valence-corrected chi connectivity index (χ0v) is 9.70. The van der Waals surface area contributed by atoms with Crippen LogP contribution in [0.1, 0.15) is 5.56 Å². The molecule has 0 amide bonds. The zero-order valence-electron chi connectivity index (χ0n) is 9.70. The maximum Gasteiger partial charge on any atom is 0.205 e. The van der Waals surface area contributed by atoms with Crippen molar-refractivity contribution in [2.24, 2.45) is 0 Å². The first kappa shape index (κ1) is 10.1. The Hall–Kier alpha value is -2.10. The van der Waals surface area contributed by atoms with Gasteiger partial charge in [0.2, 0.25) is 5.95 Å². The first-order chi connectivity index (χ1) is 8.25. The summed E-state index contributed by atoms with van der Waals surface area (Å²) >= 11 is 0. The van der Waals surface area contributed by atoms with Gasteiger partial charge in [0, 0.05) is 24.7 Å². The van der Waals surface area contributed by atoms with Crippen LogP contribution >= 0.6 is 0 Å². The Balaban J connectivity index is 2.20. The van der Waals surface area contributed by atoms with Gasteiger partial charge in [0.05, 0.1) is 5.69 Å². The number of nitrogens with zero attached hydrogens (tertiary/aromatic N) is 2. The van der Waals surface area contributed by atoms with Crippen molar-refractivity contribution in [2.75, 3.05) is 11.9 Å². The SMILES string of the molecule is Cc1ccccc1-c1cc(=N)n2c(n1)NCC2. The van der Waals surface area contributed by atoms with E-state index in [0.717, 1.165) is 30.3 Å². The molecule has 0 saturated carbocycles. The minimum Gasteiger partial charge on any atom is -0.354 e. The van der Waals surface area contributed by atoms with Crippen molar-refractivity contribution in [3.8, 4) is 11.3 Å². The number of nitrogens with one attached hydrogen (secondary N) is 2. The Morgan fingerprint density at radius 1 is 1.35 bits per heavy atom. The average molecular weight is 226 g/mol. The minimum atomic E-state index is 0.512. The highest BCUT2D eigenvalue weighted by Gasteiger charge is 2.13. The van der Waals surface area contributed by atoms with Crippen LogP contribution in [-0.4, -0.2) is 16.1 Å². The summed E-state index contributed by atoms with van der Waals surface area (Å²) in [6.45, 7) is 3.75. The summed E-state index contributed by atoms with van der Waals surface area (Å²) in [6.07, 6.45) is 0. The predicted molar refractivity (Wildman–Crippen MR) is 66.7 cm³/mol. The zero-order chi connectivity index (χ0) is 11.8. The first-order valence-corrected chi connectivity index (χ1v) is 5.72. The standard InChI is InChI=1S/C13H14N4/c1-9-4-2-3-5-10(9)11-8-12(14)17-7-6-15-13(17)16-11/h2-5,8,14H,6-7H2,1H3,(H,15,16). The average Bonchev–Trinajstić information content (AvgIpc) is 2.78. The van der Waals surface area contributed by atoms with Gasteiger partial charge in [-0.3, -0.25) is 9.98 Å².